The van der Waals surface area contributed by atoms with Crippen LogP contribution < -0.4 is 25.1 Å². The van der Waals surface area contributed by atoms with Gasteiger partial charge in [0, 0.05) is 30.1 Å². The molecule has 7 nitrogen and oxygen atoms in total. The van der Waals surface area contributed by atoms with Gasteiger partial charge in [0.2, 0.25) is 0 Å². The monoisotopic (exact) mass is 384 g/mol. The Morgan fingerprint density at radius 2 is 1.96 bits per heavy atom. The lowest BCUT2D eigenvalue weighted by Gasteiger charge is -2.20. The van der Waals surface area contributed by atoms with Gasteiger partial charge in [-0.2, -0.15) is 0 Å². The average Bonchev–Trinajstić information content (AvgIpc) is 2.95. The van der Waals surface area contributed by atoms with Crippen molar-refractivity contribution in [3.05, 3.63) is 45.9 Å². The SMILES string of the molecule is CCOc1cc(=O)n2c(c1C(=O)Nc1ccc3c(c1)OCCO3)CCCCC2. The summed E-state index contributed by atoms with van der Waals surface area (Å²) in [6, 6.07) is 6.74. The largest absolute Gasteiger partial charge is 0.493 e. The van der Waals surface area contributed by atoms with Crippen molar-refractivity contribution in [2.24, 2.45) is 0 Å². The molecule has 1 aromatic heterocycles. The number of nitrogens with zero attached hydrogens (tertiary/aromatic N) is 1. The molecular formula is C21H24N2O5. The number of rotatable bonds is 4. The molecule has 0 saturated carbocycles. The quantitative estimate of drug-likeness (QED) is 0.877. The molecule has 7 heteroatoms. The topological polar surface area (TPSA) is 78.8 Å². The van der Waals surface area contributed by atoms with Gasteiger partial charge in [-0.1, -0.05) is 6.42 Å². The first kappa shape index (κ1) is 18.4. The maximum atomic E-state index is 13.2. The van der Waals surface area contributed by atoms with Crippen LogP contribution in [0.25, 0.3) is 0 Å². The highest BCUT2D eigenvalue weighted by atomic mass is 16.6. The van der Waals surface area contributed by atoms with E-state index in [1.807, 2.05) is 6.92 Å². The van der Waals surface area contributed by atoms with Gasteiger partial charge in [-0.05, 0) is 38.3 Å². The fraction of sp³-hybridized carbons (Fsp3) is 0.429. The number of hydrogen-bond acceptors (Lipinski definition) is 5. The lowest BCUT2D eigenvalue weighted by atomic mass is 10.1. The predicted octanol–water partition coefficient (Wildman–Crippen LogP) is 3.00. The third-order valence-corrected chi connectivity index (χ3v) is 5.00. The fourth-order valence-electron chi connectivity index (χ4n) is 3.74. The van der Waals surface area contributed by atoms with E-state index in [-0.39, 0.29) is 11.5 Å². The summed E-state index contributed by atoms with van der Waals surface area (Å²) in [5.41, 5.74) is 1.69. The number of benzene rings is 1. The summed E-state index contributed by atoms with van der Waals surface area (Å²) in [6.07, 6.45) is 3.60. The number of anilines is 1. The molecule has 148 valence electrons. The first-order chi connectivity index (χ1) is 13.7. The van der Waals surface area contributed by atoms with E-state index in [1.54, 1.807) is 22.8 Å². The maximum Gasteiger partial charge on any atom is 0.261 e. The molecule has 1 amide bonds. The molecule has 0 spiro atoms. The molecule has 0 bridgehead atoms. The third-order valence-electron chi connectivity index (χ3n) is 5.00. The van der Waals surface area contributed by atoms with E-state index >= 15 is 0 Å². The molecule has 2 aliphatic heterocycles. The standard InChI is InChI=1S/C21H24N2O5/c1-2-26-18-13-19(24)23-9-5-3-4-6-15(23)20(18)21(25)22-14-7-8-16-17(12-14)28-11-10-27-16/h7-8,12-13H,2-6,9-11H2,1H3,(H,22,25). The highest BCUT2D eigenvalue weighted by Crippen LogP contribution is 2.33. The molecule has 3 heterocycles. The van der Waals surface area contributed by atoms with Gasteiger partial charge in [-0.25, -0.2) is 0 Å². The van der Waals surface area contributed by atoms with Crippen molar-refractivity contribution in [1.82, 2.24) is 4.57 Å². The summed E-state index contributed by atoms with van der Waals surface area (Å²) in [5.74, 6) is 1.33. The smallest absolute Gasteiger partial charge is 0.261 e. The van der Waals surface area contributed by atoms with Crippen molar-refractivity contribution in [1.29, 1.82) is 0 Å². The summed E-state index contributed by atoms with van der Waals surface area (Å²) in [7, 11) is 0. The molecule has 28 heavy (non-hydrogen) atoms. The van der Waals surface area contributed by atoms with Crippen LogP contribution in [0.5, 0.6) is 17.2 Å². The number of aromatic nitrogens is 1. The Hall–Kier alpha value is -2.96. The number of hydrogen-bond donors (Lipinski definition) is 1. The Bertz CT molecular complexity index is 951. The second kappa shape index (κ2) is 7.96. The van der Waals surface area contributed by atoms with Crippen molar-refractivity contribution < 1.29 is 19.0 Å². The Morgan fingerprint density at radius 1 is 1.14 bits per heavy atom. The first-order valence-corrected chi connectivity index (χ1v) is 9.78. The summed E-state index contributed by atoms with van der Waals surface area (Å²) in [6.45, 7) is 3.85. The number of ether oxygens (including phenoxy) is 3. The number of amides is 1. The zero-order valence-electron chi connectivity index (χ0n) is 16.0. The van der Waals surface area contributed by atoms with Crippen LogP contribution in [-0.2, 0) is 13.0 Å². The molecule has 1 N–H and O–H groups in total. The fourth-order valence-corrected chi connectivity index (χ4v) is 3.74. The van der Waals surface area contributed by atoms with Crippen LogP contribution in [0.1, 0.15) is 42.2 Å². The number of fused-ring (bicyclic) bond motifs is 2. The van der Waals surface area contributed by atoms with Gasteiger partial charge in [0.25, 0.3) is 11.5 Å². The molecule has 0 saturated heterocycles. The minimum atomic E-state index is -0.286. The third kappa shape index (κ3) is 3.56. The Balaban J connectivity index is 1.71. The highest BCUT2D eigenvalue weighted by molar-refractivity contribution is 6.07. The summed E-state index contributed by atoms with van der Waals surface area (Å²) in [4.78, 5) is 25.7. The van der Waals surface area contributed by atoms with E-state index in [4.69, 9.17) is 14.2 Å². The van der Waals surface area contributed by atoms with E-state index in [9.17, 15) is 9.59 Å². The number of carbonyl (C=O) groups excluding carboxylic acids is 1. The molecule has 0 unspecified atom stereocenters. The molecule has 0 aliphatic carbocycles. The summed E-state index contributed by atoms with van der Waals surface area (Å²) in [5, 5.41) is 2.93. The van der Waals surface area contributed by atoms with Crippen LogP contribution in [0.15, 0.2) is 29.1 Å². The van der Waals surface area contributed by atoms with Gasteiger partial charge < -0.3 is 24.1 Å². The minimum absolute atomic E-state index is 0.115. The molecule has 2 aromatic rings. The van der Waals surface area contributed by atoms with Crippen molar-refractivity contribution >= 4 is 11.6 Å². The lowest BCUT2D eigenvalue weighted by molar-refractivity contribution is 0.102. The second-order valence-electron chi connectivity index (χ2n) is 6.88. The van der Waals surface area contributed by atoms with Gasteiger partial charge >= 0.3 is 0 Å². The Morgan fingerprint density at radius 3 is 2.79 bits per heavy atom. The molecule has 1 aromatic carbocycles. The molecule has 4 rings (SSSR count). The number of pyridine rings is 1. The minimum Gasteiger partial charge on any atom is -0.493 e. The van der Waals surface area contributed by atoms with Gasteiger partial charge in [0.05, 0.1) is 6.61 Å². The number of nitrogens with one attached hydrogen (secondary N) is 1. The zero-order valence-corrected chi connectivity index (χ0v) is 16.0. The van der Waals surface area contributed by atoms with Crippen molar-refractivity contribution in [2.75, 3.05) is 25.1 Å². The van der Waals surface area contributed by atoms with Gasteiger partial charge in [-0.15, -0.1) is 0 Å². The molecule has 0 fully saturated rings. The second-order valence-corrected chi connectivity index (χ2v) is 6.88. The van der Waals surface area contributed by atoms with Gasteiger partial charge in [0.15, 0.2) is 11.5 Å². The van der Waals surface area contributed by atoms with Crippen molar-refractivity contribution in [3.8, 4) is 17.2 Å². The first-order valence-electron chi connectivity index (χ1n) is 9.78. The predicted molar refractivity (Wildman–Crippen MR) is 105 cm³/mol. The molecule has 0 atom stereocenters. The van der Waals surface area contributed by atoms with Crippen LogP contribution in [0.2, 0.25) is 0 Å². The molecule has 2 aliphatic rings. The normalized spacial score (nSPS) is 15.3. The lowest BCUT2D eigenvalue weighted by Crippen LogP contribution is -2.28. The molecular weight excluding hydrogens is 360 g/mol. The van der Waals surface area contributed by atoms with Crippen LogP contribution >= 0.6 is 0 Å². The van der Waals surface area contributed by atoms with Crippen molar-refractivity contribution in [3.63, 3.8) is 0 Å². The van der Waals surface area contributed by atoms with E-state index < -0.39 is 0 Å². The van der Waals surface area contributed by atoms with Crippen molar-refractivity contribution in [2.45, 2.75) is 39.2 Å². The Labute approximate surface area is 163 Å². The van der Waals surface area contributed by atoms with E-state index in [0.717, 1.165) is 25.0 Å². The van der Waals surface area contributed by atoms with E-state index in [0.29, 0.717) is 61.3 Å². The average molecular weight is 384 g/mol. The number of carbonyl (C=O) groups is 1. The van der Waals surface area contributed by atoms with Gasteiger partial charge in [-0.3, -0.25) is 9.59 Å². The van der Waals surface area contributed by atoms with E-state index in [1.165, 1.54) is 6.07 Å². The maximum absolute atomic E-state index is 13.2. The summed E-state index contributed by atoms with van der Waals surface area (Å²) < 4.78 is 18.5. The van der Waals surface area contributed by atoms with E-state index in [2.05, 4.69) is 5.32 Å². The molecule has 0 radical (unpaired) electrons. The van der Waals surface area contributed by atoms with Crippen LogP contribution in [-0.4, -0.2) is 30.3 Å². The summed E-state index contributed by atoms with van der Waals surface area (Å²) >= 11 is 0. The van der Waals surface area contributed by atoms with Crippen LogP contribution in [0, 0.1) is 0 Å². The Kier molecular flexibility index (Phi) is 5.23. The van der Waals surface area contributed by atoms with Crippen LogP contribution in [0.4, 0.5) is 5.69 Å². The van der Waals surface area contributed by atoms with Gasteiger partial charge in [0.1, 0.15) is 24.5 Å². The van der Waals surface area contributed by atoms with Crippen LogP contribution in [0.3, 0.4) is 0 Å². The highest BCUT2D eigenvalue weighted by Gasteiger charge is 2.24. The zero-order chi connectivity index (χ0) is 19.5.